The molecule has 780 valence electrons. The molecule has 146 heavy (non-hydrogen) atoms. The number of carbonyl (C=O) groups excluding carboxylic acids is 18. The normalized spacial score (nSPS) is 28.5. The highest BCUT2D eigenvalue weighted by atomic mass is 32.1. The quantitative estimate of drug-likeness (QED) is 0.0292. The fourth-order valence-corrected chi connectivity index (χ4v) is 25.6. The molecule has 6 aliphatic heterocycles. The number of rotatable bonds is 25. The first-order valence-electron chi connectivity index (χ1n) is 52.2. The molecule has 0 N–H and O–H groups in total. The van der Waals surface area contributed by atoms with Crippen LogP contribution in [0.2, 0.25) is 0 Å². The highest BCUT2D eigenvalue weighted by Gasteiger charge is 2.65. The molecule has 0 radical (unpaired) electrons. The molecular weight excluding hydrogens is 1870 g/mol. The summed E-state index contributed by atoms with van der Waals surface area (Å²) in [5.41, 5.74) is -2.51. The summed E-state index contributed by atoms with van der Waals surface area (Å²) in [6.07, 6.45) is 32.3. The van der Waals surface area contributed by atoms with E-state index in [1.165, 1.54) is 40.0 Å². The van der Waals surface area contributed by atoms with E-state index in [0.717, 1.165) is 171 Å². The van der Waals surface area contributed by atoms with Crippen LogP contribution in [0, 0.1) is 59.2 Å². The lowest BCUT2D eigenvalue weighted by Gasteiger charge is -2.40. The number of allylic oxidation sites excluding steroid dienone is 2. The lowest BCUT2D eigenvalue weighted by molar-refractivity contribution is -0.135. The maximum Gasteiger partial charge on any atom is 0.328 e. The van der Waals surface area contributed by atoms with Crippen molar-refractivity contribution in [1.29, 1.82) is 0 Å². The third kappa shape index (κ3) is 21.0. The van der Waals surface area contributed by atoms with E-state index < -0.39 is 33.2 Å². The number of aryl methyl sites for hydroxylation is 1. The summed E-state index contributed by atoms with van der Waals surface area (Å²) in [7, 11) is 10.1. The van der Waals surface area contributed by atoms with Gasteiger partial charge in [-0.15, -0.1) is 11.3 Å². The van der Waals surface area contributed by atoms with E-state index in [-0.39, 0.29) is 181 Å². The third-order valence-corrected chi connectivity index (χ3v) is 36.0. The van der Waals surface area contributed by atoms with Crippen LogP contribution in [0.15, 0.2) is 163 Å². The van der Waals surface area contributed by atoms with Gasteiger partial charge in [0.1, 0.15) is 33.2 Å². The molecule has 9 atom stereocenters. The van der Waals surface area contributed by atoms with Gasteiger partial charge in [0.2, 0.25) is 0 Å². The Kier molecular flexibility index (Phi) is 33.8. The fourth-order valence-electron chi connectivity index (χ4n) is 24.9. The number of amides is 18. The second-order valence-corrected chi connectivity index (χ2v) is 44.3. The average Bonchev–Trinajstić information content (AvgIpc) is 1.56. The highest BCUT2D eigenvalue weighted by molar-refractivity contribution is 7.12. The molecule has 19 rings (SSSR count). The van der Waals surface area contributed by atoms with E-state index in [1.54, 1.807) is 182 Å². The van der Waals surface area contributed by atoms with Gasteiger partial charge in [-0.3, -0.25) is 91.6 Å². The van der Waals surface area contributed by atoms with Crippen LogP contribution in [-0.4, -0.2) is 289 Å². The minimum absolute atomic E-state index is 0.126. The lowest BCUT2D eigenvalue weighted by Crippen LogP contribution is -2.52. The SMILES string of the molecule is CC1CCC(C2(C)C(=O)N(CC(=O)c3ccccc3)C(=O)N2C)CC1.CC1CCC(C2(C)C(=O)N(CC(=O)c3ccccc3)C(=O)N2C)CC1.CCN1C(=O)N(CC(=O)c2ccccc2)C(=O)C1(C)C1CCCC1.CN1C(=O)N(CC(=O)c2ccccc2)C(=O)C1(C)C1C[C@H]2C=C[C@@H]1C2.CN1C(=O)N(CC(=O)c2cccs2)C(=O)C1(C)C1CCCCC1.CN1C(=O)N(CC(=O)c2cnn(C)c2)C(=O)C1(C)C1CCCCC1. The van der Waals surface area contributed by atoms with Crippen molar-refractivity contribution in [2.75, 3.05) is 81.1 Å². The van der Waals surface area contributed by atoms with E-state index in [2.05, 4.69) is 31.1 Å². The standard InChI is InChI=1S/C20H22N2O3.2C20H26N2O3.C19H24N2O3.C17H24N4O3.C17H22N2O3S/c1-20(16-11-13-8-9-15(16)10-13)18(24)22(19(25)21(20)2)12-17(23)14-6-4-3-5-7-14;2*1-14-9-11-16(12-10-14)20(2)18(24)22(19(25)21(20)3)13-17(23)15-7-5-4-6-8-15;1-3-21-18(24)20(13-16(22)14-9-5-4-6-10-14)17(23)19(21,2)15-11-7-8-12-15;1-17(13-7-5-4-6-8-13)15(23)21(16(24)20(17)3)11-14(22)12-9-18-19(2)10-12;1-17(12-7-4-3-5-8-12)15(21)19(16(22)18(17)2)11-13(20)14-9-6-10-23-14/h3-9,13,15-16H,10-12H2,1-2H3;2*4-8,14,16H,9-13H2,1-3H3;4-6,9-10,15H,3,7-8,11-13H2,1-2H3;9-10,13H,4-8,11H2,1-3H3;6,9-10,12H,3-5,7-8,11H2,1-2H3/t13-,15+,16?,20?;;;;;/m0...../s1. The molecule has 6 saturated carbocycles. The molecule has 6 saturated heterocycles. The summed E-state index contributed by atoms with van der Waals surface area (Å²) < 4.78 is 1.53. The number of benzene rings is 4. The second kappa shape index (κ2) is 45.3. The van der Waals surface area contributed by atoms with Crippen LogP contribution in [0.1, 0.15) is 278 Å². The first-order valence-corrected chi connectivity index (χ1v) is 53.0. The van der Waals surface area contributed by atoms with E-state index >= 15 is 0 Å². The van der Waals surface area contributed by atoms with Gasteiger partial charge in [0.05, 0.1) is 55.9 Å². The van der Waals surface area contributed by atoms with Crippen molar-refractivity contribution in [3.05, 3.63) is 196 Å². The van der Waals surface area contributed by atoms with Crippen LogP contribution in [0.5, 0.6) is 0 Å². The van der Waals surface area contributed by atoms with Gasteiger partial charge in [0.25, 0.3) is 35.4 Å². The largest absolute Gasteiger partial charge is 0.328 e. The van der Waals surface area contributed by atoms with Gasteiger partial charge in [-0.05, 0) is 196 Å². The Morgan fingerprint density at radius 1 is 0.315 bits per heavy atom. The zero-order valence-corrected chi connectivity index (χ0v) is 88.1. The molecule has 18 amide bonds. The molecule has 8 heterocycles. The molecule has 2 aromatic heterocycles. The van der Waals surface area contributed by atoms with Gasteiger partial charge >= 0.3 is 36.2 Å². The van der Waals surface area contributed by atoms with Crippen molar-refractivity contribution in [3.8, 4) is 0 Å². The number of Topliss-reactive ketones (excluding diaryl/α,β-unsaturated/α-hetero) is 6. The molecule has 7 unspecified atom stereocenters. The van der Waals surface area contributed by atoms with Crippen molar-refractivity contribution < 1.29 is 86.3 Å². The Labute approximate surface area is 860 Å². The summed E-state index contributed by atoms with van der Waals surface area (Å²) in [5.74, 6) is 0.485. The van der Waals surface area contributed by atoms with Gasteiger partial charge in [0.15, 0.2) is 34.7 Å². The van der Waals surface area contributed by atoms with Crippen molar-refractivity contribution in [1.82, 2.24) is 68.6 Å². The van der Waals surface area contributed by atoms with Crippen LogP contribution in [0.3, 0.4) is 0 Å². The number of aromatic nitrogens is 2. The van der Waals surface area contributed by atoms with Crippen LogP contribution >= 0.6 is 11.3 Å². The summed E-state index contributed by atoms with van der Waals surface area (Å²) in [6, 6.07) is 36.6. The smallest absolute Gasteiger partial charge is 0.313 e. The molecule has 13 aliphatic rings. The van der Waals surface area contributed by atoms with Crippen molar-refractivity contribution in [3.63, 3.8) is 0 Å². The number of thiophene rings is 1. The molecule has 32 nitrogen and oxygen atoms in total. The van der Waals surface area contributed by atoms with Gasteiger partial charge < -0.3 is 29.4 Å². The van der Waals surface area contributed by atoms with Gasteiger partial charge in [-0.1, -0.05) is 230 Å². The average molecular weight is 2020 g/mol. The summed E-state index contributed by atoms with van der Waals surface area (Å²) >= 11 is 1.33. The monoisotopic (exact) mass is 2020 g/mol. The maximum absolute atomic E-state index is 13.2. The van der Waals surface area contributed by atoms with E-state index in [9.17, 15) is 86.3 Å². The molecular formula is C113H144N14O18S. The number of hydrogen-bond donors (Lipinski definition) is 0. The number of urea groups is 6. The Morgan fingerprint density at radius 3 is 0.884 bits per heavy atom. The Morgan fingerprint density at radius 2 is 0.596 bits per heavy atom. The number of carbonyl (C=O) groups is 18. The summed E-state index contributed by atoms with van der Waals surface area (Å²) in [5, 5.41) is 5.78. The number of imide groups is 6. The van der Waals surface area contributed by atoms with Crippen molar-refractivity contribution >= 4 is 118 Å². The number of ketones is 6. The summed E-state index contributed by atoms with van der Waals surface area (Å²) in [4.78, 5) is 246. The molecule has 33 heteroatoms. The van der Waals surface area contributed by atoms with Crippen LogP contribution in [0.25, 0.3) is 0 Å². The first-order chi connectivity index (χ1) is 69.4. The van der Waals surface area contributed by atoms with Gasteiger partial charge in [-0.2, -0.15) is 5.10 Å². The van der Waals surface area contributed by atoms with Gasteiger partial charge in [-0.25, -0.2) is 28.8 Å². The molecule has 7 aliphatic carbocycles. The molecule has 4 aromatic carbocycles. The van der Waals surface area contributed by atoms with Crippen LogP contribution < -0.4 is 0 Å². The van der Waals surface area contributed by atoms with Crippen LogP contribution in [0.4, 0.5) is 28.8 Å². The summed E-state index contributed by atoms with van der Waals surface area (Å²) in [6.45, 7) is 16.9. The highest BCUT2D eigenvalue weighted by Crippen LogP contribution is 2.53. The number of fused-ring (bicyclic) bond motifs is 2. The minimum Gasteiger partial charge on any atom is -0.313 e. The first kappa shape index (κ1) is 109. The molecule has 2 bridgehead atoms. The predicted octanol–water partition coefficient (Wildman–Crippen LogP) is 17.5. The number of likely N-dealkylation sites (N-methyl/N-ethyl adjacent to an activating group) is 6. The second-order valence-electron chi connectivity index (χ2n) is 43.3. The Balaban J connectivity index is 0.000000139. The zero-order chi connectivity index (χ0) is 106. The number of nitrogens with zero attached hydrogens (tertiary/aromatic N) is 14. The lowest BCUT2D eigenvalue weighted by atomic mass is 9.72. The molecule has 6 aromatic rings. The maximum atomic E-state index is 13.2. The van der Waals surface area contributed by atoms with E-state index in [4.69, 9.17) is 0 Å². The van der Waals surface area contributed by atoms with Gasteiger partial charge in [0, 0.05) is 77.3 Å². The zero-order valence-electron chi connectivity index (χ0n) is 87.3. The van der Waals surface area contributed by atoms with Crippen molar-refractivity contribution in [2.45, 2.75) is 250 Å². The predicted molar refractivity (Wildman–Crippen MR) is 550 cm³/mol. The topological polar surface area (TPSA) is 364 Å². The Bertz CT molecular complexity index is 5810. The van der Waals surface area contributed by atoms with E-state index in [0.29, 0.717) is 62.9 Å². The third-order valence-electron chi connectivity index (χ3n) is 35.1. The molecule has 0 spiro atoms. The number of hydrogen-bond acceptors (Lipinski definition) is 20. The van der Waals surface area contributed by atoms with E-state index in [1.807, 2.05) is 78.1 Å². The fraction of sp³-hybridized carbons (Fsp3) is 0.549. The van der Waals surface area contributed by atoms with Crippen molar-refractivity contribution in [2.24, 2.45) is 66.2 Å². The Hall–Kier alpha value is -12.8. The molecule has 12 fully saturated rings. The minimum atomic E-state index is -0.863. The van der Waals surface area contributed by atoms with Crippen LogP contribution in [-0.2, 0) is 35.8 Å².